The van der Waals surface area contributed by atoms with Gasteiger partial charge in [0.05, 0.1) is 0 Å². The summed E-state index contributed by atoms with van der Waals surface area (Å²) in [6, 6.07) is 16.6. The quantitative estimate of drug-likeness (QED) is 0.431. The standard InChI is InChI=1S/C28H33ClN4O2/c29-22-10-11-24-21(16-22)17-25(31-24)27(34)32-26(20-6-2-1-3-7-20)28(35)30-18-19-12-14-33(15-13-19)23-8-4-5-9-23/h1-3,6-7,10-11,16-17,19,23,26,31H,4-5,8-9,12-15,18H2,(H,30,35)(H,32,34)/t26-/m1/s1. The molecule has 0 spiro atoms. The lowest BCUT2D eigenvalue weighted by Gasteiger charge is -2.36. The Morgan fingerprint density at radius 3 is 2.49 bits per heavy atom. The van der Waals surface area contributed by atoms with Crippen molar-refractivity contribution in [2.45, 2.75) is 50.6 Å². The van der Waals surface area contributed by atoms with Crippen LogP contribution < -0.4 is 10.6 Å². The predicted octanol–water partition coefficient (Wildman–Crippen LogP) is 5.06. The number of fused-ring (bicyclic) bond motifs is 1. The third-order valence-electron chi connectivity index (χ3n) is 7.55. The lowest BCUT2D eigenvalue weighted by Crippen LogP contribution is -2.45. The van der Waals surface area contributed by atoms with E-state index in [1.54, 1.807) is 12.1 Å². The highest BCUT2D eigenvalue weighted by molar-refractivity contribution is 6.31. The van der Waals surface area contributed by atoms with Crippen molar-refractivity contribution in [3.63, 3.8) is 0 Å². The molecule has 2 aliphatic rings. The van der Waals surface area contributed by atoms with Crippen molar-refractivity contribution in [3.05, 3.63) is 70.9 Å². The number of likely N-dealkylation sites (tertiary alicyclic amines) is 1. The van der Waals surface area contributed by atoms with Gasteiger partial charge in [0, 0.05) is 28.5 Å². The number of carbonyl (C=O) groups excluding carboxylic acids is 2. The Morgan fingerprint density at radius 1 is 1.00 bits per heavy atom. The number of aromatic nitrogens is 1. The van der Waals surface area contributed by atoms with Gasteiger partial charge in [-0.3, -0.25) is 9.59 Å². The zero-order chi connectivity index (χ0) is 24.2. The fraction of sp³-hybridized carbons (Fsp3) is 0.429. The van der Waals surface area contributed by atoms with E-state index in [1.807, 2.05) is 42.5 Å². The number of halogens is 1. The molecule has 1 atom stereocenters. The average Bonchev–Trinajstić information content (AvgIpc) is 3.57. The Kier molecular flexibility index (Phi) is 7.40. The molecule has 1 aliphatic carbocycles. The first-order valence-electron chi connectivity index (χ1n) is 12.7. The molecule has 3 N–H and O–H groups in total. The number of amides is 2. The molecule has 2 fully saturated rings. The van der Waals surface area contributed by atoms with Gasteiger partial charge in [-0.25, -0.2) is 0 Å². The predicted molar refractivity (Wildman–Crippen MR) is 140 cm³/mol. The number of benzene rings is 2. The molecular formula is C28H33ClN4O2. The molecular weight excluding hydrogens is 460 g/mol. The van der Waals surface area contributed by atoms with Crippen LogP contribution in [0.4, 0.5) is 0 Å². The summed E-state index contributed by atoms with van der Waals surface area (Å²) < 4.78 is 0. The maximum atomic E-state index is 13.3. The molecule has 5 rings (SSSR count). The molecule has 1 saturated heterocycles. The Hall–Kier alpha value is -2.83. The summed E-state index contributed by atoms with van der Waals surface area (Å²) in [5.41, 5.74) is 1.98. The second-order valence-corrected chi connectivity index (χ2v) is 10.3. The first-order chi connectivity index (χ1) is 17.1. The van der Waals surface area contributed by atoms with Gasteiger partial charge in [-0.15, -0.1) is 0 Å². The summed E-state index contributed by atoms with van der Waals surface area (Å²) in [6.45, 7) is 2.88. The van der Waals surface area contributed by atoms with Crippen LogP contribution >= 0.6 is 11.6 Å². The molecule has 2 heterocycles. The van der Waals surface area contributed by atoms with Gasteiger partial charge in [0.1, 0.15) is 11.7 Å². The first-order valence-corrected chi connectivity index (χ1v) is 13.1. The topological polar surface area (TPSA) is 77.2 Å². The third kappa shape index (κ3) is 5.71. The van der Waals surface area contributed by atoms with Gasteiger partial charge < -0.3 is 20.5 Å². The summed E-state index contributed by atoms with van der Waals surface area (Å²) in [5.74, 6) is -0.0321. The zero-order valence-electron chi connectivity index (χ0n) is 19.9. The molecule has 0 radical (unpaired) electrons. The van der Waals surface area contributed by atoms with Crippen molar-refractivity contribution < 1.29 is 9.59 Å². The van der Waals surface area contributed by atoms with Gasteiger partial charge in [0.2, 0.25) is 5.91 Å². The molecule has 6 nitrogen and oxygen atoms in total. The summed E-state index contributed by atoms with van der Waals surface area (Å²) in [5, 5.41) is 7.52. The van der Waals surface area contributed by atoms with Gasteiger partial charge in [0.15, 0.2) is 0 Å². The van der Waals surface area contributed by atoms with Crippen LogP contribution in [0.25, 0.3) is 10.9 Å². The summed E-state index contributed by atoms with van der Waals surface area (Å²) in [6.07, 6.45) is 7.61. The Bertz CT molecular complexity index is 1160. The molecule has 2 amide bonds. The van der Waals surface area contributed by atoms with Crippen LogP contribution in [-0.4, -0.2) is 47.4 Å². The minimum atomic E-state index is -0.766. The van der Waals surface area contributed by atoms with Gasteiger partial charge in [-0.05, 0) is 74.5 Å². The molecule has 1 saturated carbocycles. The van der Waals surface area contributed by atoms with Crippen LogP contribution in [0.1, 0.15) is 60.6 Å². The first kappa shape index (κ1) is 23.9. The number of nitrogens with zero attached hydrogens (tertiary/aromatic N) is 1. The lowest BCUT2D eigenvalue weighted by atomic mass is 9.95. The maximum Gasteiger partial charge on any atom is 0.268 e. The van der Waals surface area contributed by atoms with E-state index in [1.165, 1.54) is 25.7 Å². The Labute approximate surface area is 211 Å². The Balaban J connectivity index is 1.22. The number of hydrogen-bond acceptors (Lipinski definition) is 3. The van der Waals surface area contributed by atoms with Crippen LogP contribution in [0, 0.1) is 5.92 Å². The number of carbonyl (C=O) groups is 2. The van der Waals surface area contributed by atoms with Gasteiger partial charge >= 0.3 is 0 Å². The van der Waals surface area contributed by atoms with Crippen molar-refractivity contribution in [2.75, 3.05) is 19.6 Å². The van der Waals surface area contributed by atoms with E-state index in [0.717, 1.165) is 48.4 Å². The molecule has 2 aromatic carbocycles. The highest BCUT2D eigenvalue weighted by Gasteiger charge is 2.29. The summed E-state index contributed by atoms with van der Waals surface area (Å²) in [4.78, 5) is 32.1. The Morgan fingerprint density at radius 2 is 1.74 bits per heavy atom. The minimum Gasteiger partial charge on any atom is -0.354 e. The van der Waals surface area contributed by atoms with Crippen molar-refractivity contribution in [1.29, 1.82) is 0 Å². The fourth-order valence-corrected chi connectivity index (χ4v) is 5.70. The van der Waals surface area contributed by atoms with Crippen LogP contribution in [0.15, 0.2) is 54.6 Å². The second kappa shape index (κ2) is 10.8. The number of hydrogen-bond donors (Lipinski definition) is 3. The normalized spacial score (nSPS) is 18.5. The van der Waals surface area contributed by atoms with Gasteiger partial charge in [-0.1, -0.05) is 54.8 Å². The molecule has 35 heavy (non-hydrogen) atoms. The van der Waals surface area contributed by atoms with Crippen LogP contribution in [-0.2, 0) is 4.79 Å². The largest absolute Gasteiger partial charge is 0.354 e. The molecule has 7 heteroatoms. The molecule has 184 valence electrons. The monoisotopic (exact) mass is 492 g/mol. The van der Waals surface area contributed by atoms with E-state index in [9.17, 15) is 9.59 Å². The summed E-state index contributed by atoms with van der Waals surface area (Å²) in [7, 11) is 0. The van der Waals surface area contributed by atoms with Crippen molar-refractivity contribution in [1.82, 2.24) is 20.5 Å². The van der Waals surface area contributed by atoms with Crippen molar-refractivity contribution >= 4 is 34.3 Å². The highest BCUT2D eigenvalue weighted by Crippen LogP contribution is 2.28. The SMILES string of the molecule is O=C(N[C@@H](C(=O)NCC1CCN(C2CCCC2)CC1)c1ccccc1)c1cc2cc(Cl)ccc2[nH]1. The van der Waals surface area contributed by atoms with Crippen molar-refractivity contribution in [2.24, 2.45) is 5.92 Å². The second-order valence-electron chi connectivity index (χ2n) is 9.89. The summed E-state index contributed by atoms with van der Waals surface area (Å²) >= 11 is 6.08. The molecule has 0 bridgehead atoms. The average molecular weight is 493 g/mol. The smallest absolute Gasteiger partial charge is 0.268 e. The van der Waals surface area contributed by atoms with E-state index >= 15 is 0 Å². The van der Waals surface area contributed by atoms with E-state index in [4.69, 9.17) is 11.6 Å². The van der Waals surface area contributed by atoms with E-state index in [-0.39, 0.29) is 11.8 Å². The minimum absolute atomic E-state index is 0.179. The van der Waals surface area contributed by atoms with Gasteiger partial charge in [-0.2, -0.15) is 0 Å². The van der Waals surface area contributed by atoms with Gasteiger partial charge in [0.25, 0.3) is 5.91 Å². The van der Waals surface area contributed by atoms with Crippen molar-refractivity contribution in [3.8, 4) is 0 Å². The van der Waals surface area contributed by atoms with Crippen LogP contribution in [0.3, 0.4) is 0 Å². The molecule has 1 aromatic heterocycles. The lowest BCUT2D eigenvalue weighted by molar-refractivity contribution is -0.123. The van der Waals surface area contributed by atoms with Crippen LogP contribution in [0.5, 0.6) is 0 Å². The number of aromatic amines is 1. The third-order valence-corrected chi connectivity index (χ3v) is 7.79. The number of H-pyrrole nitrogens is 1. The molecule has 3 aromatic rings. The molecule has 1 aliphatic heterocycles. The van der Waals surface area contributed by atoms with E-state index < -0.39 is 6.04 Å². The van der Waals surface area contributed by atoms with E-state index in [0.29, 0.717) is 23.2 Å². The maximum absolute atomic E-state index is 13.3. The fourth-order valence-electron chi connectivity index (χ4n) is 5.52. The number of rotatable bonds is 7. The van der Waals surface area contributed by atoms with Crippen LogP contribution in [0.2, 0.25) is 5.02 Å². The zero-order valence-corrected chi connectivity index (χ0v) is 20.7. The molecule has 0 unspecified atom stereocenters. The highest BCUT2D eigenvalue weighted by atomic mass is 35.5. The van der Waals surface area contributed by atoms with E-state index in [2.05, 4.69) is 20.5 Å². The number of nitrogens with one attached hydrogen (secondary N) is 3. The number of piperidine rings is 1.